The molecule has 98 valence electrons. The van der Waals surface area contributed by atoms with E-state index in [1.165, 1.54) is 0 Å². The lowest BCUT2D eigenvalue weighted by molar-refractivity contribution is -0.187. The SMILES string of the molecule is CC(N)(C(=O)NCC1CCC(=O)N1)C(F)(F)F. The van der Waals surface area contributed by atoms with Crippen molar-refractivity contribution >= 4 is 11.8 Å². The van der Waals surface area contributed by atoms with E-state index in [2.05, 4.69) is 10.6 Å². The third-order valence-electron chi connectivity index (χ3n) is 2.65. The Morgan fingerprint density at radius 1 is 1.59 bits per heavy atom. The van der Waals surface area contributed by atoms with Crippen molar-refractivity contribution in [2.75, 3.05) is 6.54 Å². The maximum Gasteiger partial charge on any atom is 0.415 e. The lowest BCUT2D eigenvalue weighted by atomic mass is 10.0. The quantitative estimate of drug-likeness (QED) is 0.643. The Kier molecular flexibility index (Phi) is 3.65. The molecule has 2 unspecified atom stereocenters. The molecule has 2 amide bonds. The van der Waals surface area contributed by atoms with E-state index in [1.807, 2.05) is 0 Å². The molecule has 1 heterocycles. The average molecular weight is 253 g/mol. The maximum atomic E-state index is 12.4. The predicted molar refractivity (Wildman–Crippen MR) is 52.8 cm³/mol. The van der Waals surface area contributed by atoms with E-state index >= 15 is 0 Å². The largest absolute Gasteiger partial charge is 0.415 e. The van der Waals surface area contributed by atoms with Crippen LogP contribution in [0.2, 0.25) is 0 Å². The first kappa shape index (κ1) is 13.8. The van der Waals surface area contributed by atoms with Gasteiger partial charge in [-0.2, -0.15) is 13.2 Å². The third kappa shape index (κ3) is 3.09. The fraction of sp³-hybridized carbons (Fsp3) is 0.778. The summed E-state index contributed by atoms with van der Waals surface area (Å²) in [7, 11) is 0. The van der Waals surface area contributed by atoms with Crippen molar-refractivity contribution in [2.24, 2.45) is 5.73 Å². The fourth-order valence-electron chi connectivity index (χ4n) is 1.36. The highest BCUT2D eigenvalue weighted by molar-refractivity contribution is 5.86. The molecule has 0 bridgehead atoms. The number of nitrogens with two attached hydrogens (primary N) is 1. The first-order valence-corrected chi connectivity index (χ1v) is 5.08. The molecule has 5 nitrogen and oxygen atoms in total. The molecule has 1 fully saturated rings. The second-order valence-corrected chi connectivity index (χ2v) is 4.21. The first-order chi connectivity index (χ1) is 7.64. The Hall–Kier alpha value is -1.31. The maximum absolute atomic E-state index is 12.4. The molecule has 0 aliphatic carbocycles. The summed E-state index contributed by atoms with van der Waals surface area (Å²) in [5.41, 5.74) is 2.00. The van der Waals surface area contributed by atoms with Crippen LogP contribution < -0.4 is 16.4 Å². The lowest BCUT2D eigenvalue weighted by Gasteiger charge is -2.26. The third-order valence-corrected chi connectivity index (χ3v) is 2.65. The molecule has 0 aromatic rings. The molecule has 8 heteroatoms. The topological polar surface area (TPSA) is 84.2 Å². The van der Waals surface area contributed by atoms with Gasteiger partial charge >= 0.3 is 6.18 Å². The number of hydrogen-bond donors (Lipinski definition) is 3. The molecular weight excluding hydrogens is 239 g/mol. The fourth-order valence-corrected chi connectivity index (χ4v) is 1.36. The van der Waals surface area contributed by atoms with Gasteiger partial charge in [0.2, 0.25) is 11.8 Å². The van der Waals surface area contributed by atoms with E-state index in [0.29, 0.717) is 19.8 Å². The molecule has 17 heavy (non-hydrogen) atoms. The van der Waals surface area contributed by atoms with Gasteiger partial charge in [0.15, 0.2) is 5.54 Å². The van der Waals surface area contributed by atoms with Gasteiger partial charge in [0, 0.05) is 19.0 Å². The van der Waals surface area contributed by atoms with Gasteiger partial charge in [0.05, 0.1) is 0 Å². The number of amides is 2. The number of carbonyl (C=O) groups is 2. The van der Waals surface area contributed by atoms with Crippen LogP contribution in [0.15, 0.2) is 0 Å². The van der Waals surface area contributed by atoms with Gasteiger partial charge in [-0.05, 0) is 13.3 Å². The van der Waals surface area contributed by atoms with Gasteiger partial charge < -0.3 is 16.4 Å². The smallest absolute Gasteiger partial charge is 0.352 e. The number of hydrogen-bond acceptors (Lipinski definition) is 3. The molecule has 2 atom stereocenters. The Morgan fingerprint density at radius 3 is 2.59 bits per heavy atom. The van der Waals surface area contributed by atoms with Crippen molar-refractivity contribution in [3.8, 4) is 0 Å². The van der Waals surface area contributed by atoms with Crippen LogP contribution in [0, 0.1) is 0 Å². The van der Waals surface area contributed by atoms with Crippen molar-refractivity contribution in [1.29, 1.82) is 0 Å². The van der Waals surface area contributed by atoms with Crippen molar-refractivity contribution in [2.45, 2.75) is 37.5 Å². The highest BCUT2D eigenvalue weighted by Crippen LogP contribution is 2.27. The van der Waals surface area contributed by atoms with Crippen LogP contribution >= 0.6 is 0 Å². The van der Waals surface area contributed by atoms with Crippen LogP contribution in [0.4, 0.5) is 13.2 Å². The van der Waals surface area contributed by atoms with E-state index in [4.69, 9.17) is 5.73 Å². The van der Waals surface area contributed by atoms with Crippen molar-refractivity contribution in [3.05, 3.63) is 0 Å². The zero-order valence-corrected chi connectivity index (χ0v) is 9.23. The molecule has 0 aromatic carbocycles. The zero-order valence-electron chi connectivity index (χ0n) is 9.23. The van der Waals surface area contributed by atoms with E-state index < -0.39 is 17.6 Å². The normalized spacial score (nSPS) is 24.1. The first-order valence-electron chi connectivity index (χ1n) is 5.08. The van der Waals surface area contributed by atoms with Gasteiger partial charge in [-0.1, -0.05) is 0 Å². The molecular formula is C9H14F3N3O2. The average Bonchev–Trinajstić information content (AvgIpc) is 2.58. The lowest BCUT2D eigenvalue weighted by Crippen LogP contribution is -2.62. The van der Waals surface area contributed by atoms with E-state index in [-0.39, 0.29) is 18.5 Å². The van der Waals surface area contributed by atoms with Crippen molar-refractivity contribution in [3.63, 3.8) is 0 Å². The van der Waals surface area contributed by atoms with Gasteiger partial charge in [-0.15, -0.1) is 0 Å². The summed E-state index contributed by atoms with van der Waals surface area (Å²) >= 11 is 0. The predicted octanol–water partition coefficient (Wildman–Crippen LogP) is -0.339. The molecule has 1 aliphatic heterocycles. The summed E-state index contributed by atoms with van der Waals surface area (Å²) in [6.07, 6.45) is -4.00. The van der Waals surface area contributed by atoms with Crippen LogP contribution in [-0.2, 0) is 9.59 Å². The van der Waals surface area contributed by atoms with Gasteiger partial charge in [-0.3, -0.25) is 9.59 Å². The highest BCUT2D eigenvalue weighted by atomic mass is 19.4. The Balaban J connectivity index is 2.47. The summed E-state index contributed by atoms with van der Waals surface area (Å²) in [4.78, 5) is 22.1. The summed E-state index contributed by atoms with van der Waals surface area (Å²) < 4.78 is 37.2. The molecule has 0 aromatic heterocycles. The van der Waals surface area contributed by atoms with Gasteiger partial charge in [0.25, 0.3) is 0 Å². The molecule has 1 saturated heterocycles. The van der Waals surface area contributed by atoms with Crippen LogP contribution in [0.1, 0.15) is 19.8 Å². The number of halogens is 3. The minimum Gasteiger partial charge on any atom is -0.352 e. The molecule has 1 rings (SSSR count). The highest BCUT2D eigenvalue weighted by Gasteiger charge is 2.53. The summed E-state index contributed by atoms with van der Waals surface area (Å²) in [5.74, 6) is -1.47. The summed E-state index contributed by atoms with van der Waals surface area (Å²) in [6, 6.07) is -0.324. The molecule has 4 N–H and O–H groups in total. The second-order valence-electron chi connectivity index (χ2n) is 4.21. The van der Waals surface area contributed by atoms with Crippen LogP contribution in [0.5, 0.6) is 0 Å². The van der Waals surface area contributed by atoms with Crippen molar-refractivity contribution in [1.82, 2.24) is 10.6 Å². The summed E-state index contributed by atoms with van der Waals surface area (Å²) in [5, 5.41) is 4.62. The molecule has 1 aliphatic rings. The standard InChI is InChI=1S/C9H14F3N3O2/c1-8(13,9(10,11)12)7(17)14-4-5-2-3-6(16)15-5/h5H,2-4,13H2,1H3,(H,14,17)(H,15,16). The Labute approximate surface area is 95.9 Å². The van der Waals surface area contributed by atoms with Crippen LogP contribution in [-0.4, -0.2) is 36.1 Å². The summed E-state index contributed by atoms with van der Waals surface area (Å²) in [6.45, 7) is 0.559. The number of alkyl halides is 3. The number of rotatable bonds is 3. The minimum absolute atomic E-state index is 0.0482. The zero-order chi connectivity index (χ0) is 13.3. The number of carbonyl (C=O) groups excluding carboxylic acids is 2. The number of nitrogens with one attached hydrogen (secondary N) is 2. The monoisotopic (exact) mass is 253 g/mol. The Morgan fingerprint density at radius 2 is 2.18 bits per heavy atom. The second kappa shape index (κ2) is 4.52. The van der Waals surface area contributed by atoms with Gasteiger partial charge in [-0.25, -0.2) is 0 Å². The van der Waals surface area contributed by atoms with E-state index in [9.17, 15) is 22.8 Å². The molecule has 0 radical (unpaired) electrons. The van der Waals surface area contributed by atoms with Crippen LogP contribution in [0.25, 0.3) is 0 Å². The Bertz CT molecular complexity index is 328. The van der Waals surface area contributed by atoms with Crippen molar-refractivity contribution < 1.29 is 22.8 Å². The van der Waals surface area contributed by atoms with E-state index in [0.717, 1.165) is 0 Å². The molecule has 0 saturated carbocycles. The minimum atomic E-state index is -4.81. The van der Waals surface area contributed by atoms with Gasteiger partial charge in [0.1, 0.15) is 0 Å². The van der Waals surface area contributed by atoms with E-state index in [1.54, 1.807) is 0 Å². The molecule has 0 spiro atoms. The van der Waals surface area contributed by atoms with Crippen LogP contribution in [0.3, 0.4) is 0 Å².